The second kappa shape index (κ2) is 7.61. The molecule has 3 heterocycles. The third kappa shape index (κ3) is 4.33. The third-order valence-corrected chi connectivity index (χ3v) is 4.29. The molecule has 2 aliphatic heterocycles. The first kappa shape index (κ1) is 16.0. The van der Waals surface area contributed by atoms with Gasteiger partial charge in [0.25, 0.3) is 5.88 Å². The number of carbonyl (C=O) groups excluding carboxylic acids is 1. The Morgan fingerprint density at radius 3 is 2.39 bits per heavy atom. The summed E-state index contributed by atoms with van der Waals surface area (Å²) >= 11 is 0. The van der Waals surface area contributed by atoms with Crippen molar-refractivity contribution in [3.05, 3.63) is 17.8 Å². The van der Waals surface area contributed by atoms with Gasteiger partial charge in [0.2, 0.25) is 5.91 Å². The number of pyridine rings is 1. The zero-order valence-corrected chi connectivity index (χ0v) is 13.2. The quantitative estimate of drug-likeness (QED) is 0.674. The SMILES string of the molecule is NC(=O)c1cnc(OC[C@H]2CCCN2)c(OC[C@H]2CCCN2)c1. The number of ether oxygens (including phenoxy) is 2. The minimum atomic E-state index is -0.523. The van der Waals surface area contributed by atoms with Gasteiger partial charge in [0.15, 0.2) is 5.75 Å². The summed E-state index contributed by atoms with van der Waals surface area (Å²) < 4.78 is 11.6. The van der Waals surface area contributed by atoms with Crippen molar-refractivity contribution >= 4 is 5.91 Å². The number of nitrogens with two attached hydrogens (primary N) is 1. The van der Waals surface area contributed by atoms with Gasteiger partial charge in [-0.15, -0.1) is 0 Å². The van der Waals surface area contributed by atoms with Crippen molar-refractivity contribution in [2.24, 2.45) is 5.73 Å². The lowest BCUT2D eigenvalue weighted by Gasteiger charge is -2.17. The number of aromatic nitrogens is 1. The fourth-order valence-corrected chi connectivity index (χ4v) is 2.95. The van der Waals surface area contributed by atoms with Crippen molar-refractivity contribution in [3.63, 3.8) is 0 Å². The Hall–Kier alpha value is -1.86. The zero-order chi connectivity index (χ0) is 16.1. The number of amides is 1. The Kier molecular flexibility index (Phi) is 5.30. The highest BCUT2D eigenvalue weighted by Gasteiger charge is 2.19. The average Bonchev–Trinajstić information content (AvgIpc) is 3.24. The fourth-order valence-electron chi connectivity index (χ4n) is 2.95. The third-order valence-electron chi connectivity index (χ3n) is 4.29. The maximum Gasteiger partial charge on any atom is 0.257 e. The van der Waals surface area contributed by atoms with Crippen molar-refractivity contribution in [2.75, 3.05) is 26.3 Å². The molecule has 2 aliphatic rings. The second-order valence-corrected chi connectivity index (χ2v) is 6.10. The van der Waals surface area contributed by atoms with Crippen LogP contribution < -0.4 is 25.8 Å². The lowest BCUT2D eigenvalue weighted by atomic mass is 10.2. The van der Waals surface area contributed by atoms with E-state index in [0.29, 0.717) is 42.5 Å². The first-order valence-corrected chi connectivity index (χ1v) is 8.24. The first-order valence-electron chi connectivity index (χ1n) is 8.24. The number of nitrogens with one attached hydrogen (secondary N) is 2. The Morgan fingerprint density at radius 1 is 1.17 bits per heavy atom. The maximum atomic E-state index is 11.4. The number of hydrogen-bond donors (Lipinski definition) is 3. The largest absolute Gasteiger partial charge is 0.486 e. The normalized spacial score (nSPS) is 23.8. The molecule has 7 heteroatoms. The molecule has 2 atom stereocenters. The minimum absolute atomic E-state index is 0.325. The van der Waals surface area contributed by atoms with Crippen LogP contribution in [0.3, 0.4) is 0 Å². The lowest BCUT2D eigenvalue weighted by molar-refractivity contribution is 0.0999. The van der Waals surface area contributed by atoms with Crippen molar-refractivity contribution in [3.8, 4) is 11.6 Å². The predicted molar refractivity (Wildman–Crippen MR) is 85.8 cm³/mol. The van der Waals surface area contributed by atoms with Crippen LogP contribution >= 0.6 is 0 Å². The van der Waals surface area contributed by atoms with Gasteiger partial charge in [0.05, 0.1) is 5.56 Å². The summed E-state index contributed by atoms with van der Waals surface area (Å²) in [5.41, 5.74) is 5.65. The summed E-state index contributed by atoms with van der Waals surface area (Å²) in [6, 6.07) is 2.29. The molecule has 0 spiro atoms. The van der Waals surface area contributed by atoms with E-state index in [-0.39, 0.29) is 0 Å². The number of carbonyl (C=O) groups is 1. The van der Waals surface area contributed by atoms with Gasteiger partial charge in [0.1, 0.15) is 13.2 Å². The summed E-state index contributed by atoms with van der Waals surface area (Å²) in [6.07, 6.45) is 5.94. The van der Waals surface area contributed by atoms with Gasteiger partial charge >= 0.3 is 0 Å². The van der Waals surface area contributed by atoms with Crippen LogP contribution in [0.5, 0.6) is 11.6 Å². The Morgan fingerprint density at radius 2 is 1.83 bits per heavy atom. The van der Waals surface area contributed by atoms with Crippen LogP contribution in [-0.2, 0) is 0 Å². The number of primary amides is 1. The van der Waals surface area contributed by atoms with Crippen LogP contribution in [0, 0.1) is 0 Å². The summed E-state index contributed by atoms with van der Waals surface area (Å²) in [4.78, 5) is 15.6. The van der Waals surface area contributed by atoms with Crippen molar-refractivity contribution in [1.82, 2.24) is 15.6 Å². The lowest BCUT2D eigenvalue weighted by Crippen LogP contribution is -2.29. The average molecular weight is 320 g/mol. The van der Waals surface area contributed by atoms with Gasteiger partial charge in [-0.3, -0.25) is 4.79 Å². The molecule has 0 saturated carbocycles. The standard InChI is InChI=1S/C16H24N4O3/c17-15(21)11-7-14(22-9-12-3-1-5-18-12)16(20-8-11)23-10-13-4-2-6-19-13/h7-8,12-13,18-19H,1-6,9-10H2,(H2,17,21)/t12-,13-/m1/s1. The molecule has 0 aliphatic carbocycles. The molecule has 0 unspecified atom stereocenters. The number of rotatable bonds is 7. The van der Waals surface area contributed by atoms with Crippen LogP contribution in [0.2, 0.25) is 0 Å². The van der Waals surface area contributed by atoms with Crippen molar-refractivity contribution in [1.29, 1.82) is 0 Å². The van der Waals surface area contributed by atoms with Crippen LogP contribution in [0.15, 0.2) is 12.3 Å². The molecule has 126 valence electrons. The molecule has 0 bridgehead atoms. The Labute approximate surface area is 135 Å². The van der Waals surface area contributed by atoms with E-state index in [9.17, 15) is 4.79 Å². The molecule has 3 rings (SSSR count). The van der Waals surface area contributed by atoms with Crippen LogP contribution in [0.25, 0.3) is 0 Å². The zero-order valence-electron chi connectivity index (χ0n) is 13.2. The van der Waals surface area contributed by atoms with E-state index < -0.39 is 5.91 Å². The van der Waals surface area contributed by atoms with Crippen LogP contribution in [0.4, 0.5) is 0 Å². The highest BCUT2D eigenvalue weighted by molar-refractivity contribution is 5.93. The van der Waals surface area contributed by atoms with Gasteiger partial charge in [0, 0.05) is 24.3 Å². The smallest absolute Gasteiger partial charge is 0.257 e. The predicted octanol–water partition coefficient (Wildman–Crippen LogP) is 0.442. The summed E-state index contributed by atoms with van der Waals surface area (Å²) in [6.45, 7) is 3.12. The van der Waals surface area contributed by atoms with Gasteiger partial charge in [-0.2, -0.15) is 0 Å². The summed E-state index contributed by atoms with van der Waals surface area (Å²) in [5, 5.41) is 6.75. The molecule has 23 heavy (non-hydrogen) atoms. The van der Waals surface area contributed by atoms with Crippen molar-refractivity contribution < 1.29 is 14.3 Å². The molecule has 0 aromatic carbocycles. The number of hydrogen-bond acceptors (Lipinski definition) is 6. The molecule has 1 aromatic heterocycles. The minimum Gasteiger partial charge on any atom is -0.486 e. The first-order chi connectivity index (χ1) is 11.2. The second-order valence-electron chi connectivity index (χ2n) is 6.10. The van der Waals surface area contributed by atoms with E-state index in [1.165, 1.54) is 12.6 Å². The number of nitrogens with zero attached hydrogens (tertiary/aromatic N) is 1. The van der Waals surface area contributed by atoms with Crippen molar-refractivity contribution in [2.45, 2.75) is 37.8 Å². The fraction of sp³-hybridized carbons (Fsp3) is 0.625. The van der Waals surface area contributed by atoms with E-state index in [0.717, 1.165) is 32.4 Å². The molecule has 4 N–H and O–H groups in total. The van der Waals surface area contributed by atoms with Crippen LogP contribution in [0.1, 0.15) is 36.0 Å². The molecular formula is C16H24N4O3. The molecule has 2 saturated heterocycles. The molecular weight excluding hydrogens is 296 g/mol. The van der Waals surface area contributed by atoms with Gasteiger partial charge in [-0.1, -0.05) is 0 Å². The van der Waals surface area contributed by atoms with Gasteiger partial charge < -0.3 is 25.8 Å². The summed E-state index contributed by atoms with van der Waals surface area (Å²) in [5.74, 6) is 0.375. The van der Waals surface area contributed by atoms with E-state index in [4.69, 9.17) is 15.2 Å². The molecule has 7 nitrogen and oxygen atoms in total. The highest BCUT2D eigenvalue weighted by Crippen LogP contribution is 2.26. The highest BCUT2D eigenvalue weighted by atomic mass is 16.5. The van der Waals surface area contributed by atoms with E-state index in [2.05, 4.69) is 15.6 Å². The topological polar surface area (TPSA) is 98.5 Å². The van der Waals surface area contributed by atoms with E-state index in [1.807, 2.05) is 0 Å². The van der Waals surface area contributed by atoms with Gasteiger partial charge in [-0.05, 0) is 38.8 Å². The Balaban J connectivity index is 1.66. The molecule has 1 amide bonds. The molecule has 0 radical (unpaired) electrons. The molecule has 1 aromatic rings. The van der Waals surface area contributed by atoms with E-state index >= 15 is 0 Å². The Bertz CT molecular complexity index is 540. The van der Waals surface area contributed by atoms with Crippen LogP contribution in [-0.4, -0.2) is 49.3 Å². The monoisotopic (exact) mass is 320 g/mol. The van der Waals surface area contributed by atoms with E-state index in [1.54, 1.807) is 6.07 Å². The molecule has 2 fully saturated rings. The maximum absolute atomic E-state index is 11.4. The van der Waals surface area contributed by atoms with Gasteiger partial charge in [-0.25, -0.2) is 4.98 Å². The summed E-state index contributed by atoms with van der Waals surface area (Å²) in [7, 11) is 0.